The lowest BCUT2D eigenvalue weighted by Gasteiger charge is -2.30. The molecule has 0 spiro atoms. The van der Waals surface area contributed by atoms with E-state index < -0.39 is 5.41 Å². The minimum atomic E-state index is -1.21. The summed E-state index contributed by atoms with van der Waals surface area (Å²) >= 11 is 0. The summed E-state index contributed by atoms with van der Waals surface area (Å²) in [5.74, 6) is -0.720. The van der Waals surface area contributed by atoms with Gasteiger partial charge in [0.05, 0.1) is 24.2 Å². The third-order valence-electron chi connectivity index (χ3n) is 7.66. The molecule has 0 unspecified atom stereocenters. The van der Waals surface area contributed by atoms with Gasteiger partial charge in [-0.05, 0) is 54.9 Å². The zero-order valence-electron chi connectivity index (χ0n) is 20.9. The molecule has 5 rings (SSSR count). The van der Waals surface area contributed by atoms with Crippen LogP contribution in [0.5, 0.6) is 0 Å². The van der Waals surface area contributed by atoms with Crippen LogP contribution in [0.15, 0.2) is 54.6 Å². The van der Waals surface area contributed by atoms with E-state index in [4.69, 9.17) is 0 Å². The lowest BCUT2D eigenvalue weighted by Crippen LogP contribution is -2.43. The molecule has 1 aliphatic heterocycles. The Morgan fingerprint density at radius 3 is 2.56 bits per heavy atom. The molecule has 1 atom stereocenters. The summed E-state index contributed by atoms with van der Waals surface area (Å²) in [4.78, 5) is 43.8. The molecule has 1 saturated heterocycles. The molecule has 3 aromatic rings. The molecule has 1 aliphatic carbocycles. The monoisotopic (exact) mass is 484 g/mol. The van der Waals surface area contributed by atoms with Crippen molar-refractivity contribution in [2.75, 3.05) is 7.05 Å². The number of nitrogens with one attached hydrogen (secondary N) is 1. The highest BCUT2D eigenvalue weighted by atomic mass is 16.2. The van der Waals surface area contributed by atoms with Crippen molar-refractivity contribution < 1.29 is 14.4 Å². The smallest absolute Gasteiger partial charge is 0.241 e. The van der Waals surface area contributed by atoms with Gasteiger partial charge in [-0.15, -0.1) is 0 Å². The van der Waals surface area contributed by atoms with E-state index in [0.29, 0.717) is 6.54 Å². The van der Waals surface area contributed by atoms with Crippen molar-refractivity contribution >= 4 is 17.7 Å². The van der Waals surface area contributed by atoms with Gasteiger partial charge in [-0.2, -0.15) is 5.10 Å². The topological polar surface area (TPSA) is 86.4 Å². The molecule has 2 heterocycles. The number of carbonyl (C=O) groups excluding carboxylic acids is 3. The molecule has 2 aliphatic rings. The van der Waals surface area contributed by atoms with E-state index in [0.717, 1.165) is 48.1 Å². The van der Waals surface area contributed by atoms with E-state index in [1.54, 1.807) is 11.9 Å². The predicted molar refractivity (Wildman–Crippen MR) is 136 cm³/mol. The second-order valence-electron chi connectivity index (χ2n) is 10.1. The first kappa shape index (κ1) is 24.0. The Bertz CT molecular complexity index is 1300. The largest absolute Gasteiger partial charge is 0.340 e. The van der Waals surface area contributed by atoms with Gasteiger partial charge in [0.25, 0.3) is 0 Å². The second-order valence-corrected chi connectivity index (χ2v) is 10.1. The Hall–Kier alpha value is -3.74. The van der Waals surface area contributed by atoms with Crippen molar-refractivity contribution in [1.29, 1.82) is 0 Å². The fourth-order valence-electron chi connectivity index (χ4n) is 5.67. The van der Waals surface area contributed by atoms with Crippen LogP contribution in [0, 0.1) is 6.92 Å². The maximum Gasteiger partial charge on any atom is 0.241 e. The third kappa shape index (κ3) is 4.34. The highest BCUT2D eigenvalue weighted by Crippen LogP contribution is 2.42. The van der Waals surface area contributed by atoms with Gasteiger partial charge < -0.3 is 4.90 Å². The molecule has 7 nitrogen and oxygen atoms in total. The van der Waals surface area contributed by atoms with Crippen LogP contribution in [0.25, 0.3) is 0 Å². The zero-order valence-corrected chi connectivity index (χ0v) is 20.9. The van der Waals surface area contributed by atoms with Gasteiger partial charge in [0, 0.05) is 25.6 Å². The van der Waals surface area contributed by atoms with Crippen molar-refractivity contribution in [3.63, 3.8) is 0 Å². The summed E-state index contributed by atoms with van der Waals surface area (Å²) in [7, 11) is 1.75. The fourth-order valence-corrected chi connectivity index (χ4v) is 5.67. The van der Waals surface area contributed by atoms with Gasteiger partial charge in [0.1, 0.15) is 0 Å². The molecule has 0 bridgehead atoms. The maximum absolute atomic E-state index is 14.0. The number of H-pyrrole nitrogens is 1. The Balaban J connectivity index is 1.43. The lowest BCUT2D eigenvalue weighted by molar-refractivity contribution is -0.143. The number of likely N-dealkylation sites (tertiary alicyclic amines) is 1. The van der Waals surface area contributed by atoms with E-state index in [1.807, 2.05) is 61.5 Å². The van der Waals surface area contributed by atoms with Gasteiger partial charge in [0.2, 0.25) is 17.7 Å². The third-order valence-corrected chi connectivity index (χ3v) is 7.66. The summed E-state index contributed by atoms with van der Waals surface area (Å²) < 4.78 is 0. The molecule has 36 heavy (non-hydrogen) atoms. The fraction of sp³-hybridized carbons (Fsp3) is 0.379. The number of aromatic amines is 1. The van der Waals surface area contributed by atoms with E-state index in [-0.39, 0.29) is 37.1 Å². The number of aromatic nitrogens is 2. The number of nitrogens with zero attached hydrogens (tertiary/aromatic N) is 3. The molecule has 186 valence electrons. The second kappa shape index (κ2) is 9.72. The van der Waals surface area contributed by atoms with Crippen LogP contribution >= 0.6 is 0 Å². The SMILES string of the molecule is Cc1ccccc1[C@@]1(CC(=O)N(C)Cc2n[nH]c3c2CCCC3)CC(=O)N(Cc2ccccc2)C1=O. The Kier molecular flexibility index (Phi) is 6.48. The standard InChI is InChI=1S/C29H32N4O3/c1-20-10-6-8-14-23(20)29(17-27(35)33(28(29)36)18-21-11-4-3-5-12-21)16-26(34)32(2)19-25-22-13-7-9-15-24(22)30-31-25/h3-6,8,10-12,14H,7,9,13,15-19H2,1-2H3,(H,30,31)/t29-/m1/s1. The highest BCUT2D eigenvalue weighted by Gasteiger charge is 2.54. The van der Waals surface area contributed by atoms with E-state index >= 15 is 0 Å². The first-order valence-electron chi connectivity index (χ1n) is 12.6. The summed E-state index contributed by atoms with van der Waals surface area (Å²) in [5.41, 5.74) is 4.59. The van der Waals surface area contributed by atoms with E-state index in [2.05, 4.69) is 10.2 Å². The number of hydrogen-bond donors (Lipinski definition) is 1. The molecule has 0 saturated carbocycles. The number of rotatable bonds is 7. The van der Waals surface area contributed by atoms with Crippen LogP contribution in [0.2, 0.25) is 0 Å². The van der Waals surface area contributed by atoms with Crippen molar-refractivity contribution in [3.05, 3.63) is 88.2 Å². The average Bonchev–Trinajstić information content (AvgIpc) is 3.39. The molecular weight excluding hydrogens is 452 g/mol. The molecule has 2 aromatic carbocycles. The Labute approximate surface area is 211 Å². The molecule has 3 amide bonds. The number of amides is 3. The van der Waals surface area contributed by atoms with Gasteiger partial charge in [-0.3, -0.25) is 24.4 Å². The quantitative estimate of drug-likeness (QED) is 0.516. The molecule has 1 aromatic heterocycles. The van der Waals surface area contributed by atoms with Crippen molar-refractivity contribution in [2.24, 2.45) is 0 Å². The van der Waals surface area contributed by atoms with E-state index in [1.165, 1.54) is 16.2 Å². The van der Waals surface area contributed by atoms with Gasteiger partial charge in [-0.25, -0.2) is 0 Å². The summed E-state index contributed by atoms with van der Waals surface area (Å²) in [6.07, 6.45) is 4.17. The van der Waals surface area contributed by atoms with Crippen molar-refractivity contribution in [2.45, 2.75) is 64.0 Å². The van der Waals surface area contributed by atoms with Crippen molar-refractivity contribution in [3.8, 4) is 0 Å². The normalized spacial score (nSPS) is 19.4. The van der Waals surface area contributed by atoms with Crippen molar-refractivity contribution in [1.82, 2.24) is 20.0 Å². The Morgan fingerprint density at radius 1 is 1.06 bits per heavy atom. The molecule has 0 radical (unpaired) electrons. The van der Waals surface area contributed by atoms with Crippen LogP contribution in [0.4, 0.5) is 0 Å². The number of fused-ring (bicyclic) bond motifs is 1. The average molecular weight is 485 g/mol. The molecule has 1 fully saturated rings. The number of carbonyl (C=O) groups is 3. The first-order valence-corrected chi connectivity index (χ1v) is 12.6. The molecule has 7 heteroatoms. The first-order chi connectivity index (χ1) is 17.4. The lowest BCUT2D eigenvalue weighted by atomic mass is 9.74. The van der Waals surface area contributed by atoms with Crippen LogP contribution in [0.1, 0.15) is 59.3 Å². The molecule has 1 N–H and O–H groups in total. The summed E-state index contributed by atoms with van der Waals surface area (Å²) in [6, 6.07) is 17.1. The van der Waals surface area contributed by atoms with E-state index in [9.17, 15) is 14.4 Å². The van der Waals surface area contributed by atoms with Crippen LogP contribution in [-0.2, 0) is 45.7 Å². The van der Waals surface area contributed by atoms with Crippen LogP contribution in [0.3, 0.4) is 0 Å². The number of hydrogen-bond acceptors (Lipinski definition) is 4. The van der Waals surface area contributed by atoms with Gasteiger partial charge in [0.15, 0.2) is 0 Å². The predicted octanol–water partition coefficient (Wildman–Crippen LogP) is 3.84. The van der Waals surface area contributed by atoms with Gasteiger partial charge in [-0.1, -0.05) is 54.6 Å². The van der Waals surface area contributed by atoms with Gasteiger partial charge >= 0.3 is 0 Å². The maximum atomic E-state index is 14.0. The molecular formula is C29H32N4O3. The minimum absolute atomic E-state index is 0.0130. The summed E-state index contributed by atoms with van der Waals surface area (Å²) in [6.45, 7) is 2.51. The highest BCUT2D eigenvalue weighted by molar-refractivity contribution is 6.10. The summed E-state index contributed by atoms with van der Waals surface area (Å²) in [5, 5.41) is 7.61. The minimum Gasteiger partial charge on any atom is -0.340 e. The number of imide groups is 1. The number of benzene rings is 2. The zero-order chi connectivity index (χ0) is 25.3. The van der Waals surface area contributed by atoms with Crippen LogP contribution in [-0.4, -0.2) is 44.8 Å². The van der Waals surface area contributed by atoms with Crippen LogP contribution < -0.4 is 0 Å². The Morgan fingerprint density at radius 2 is 1.78 bits per heavy atom. The number of aryl methyl sites for hydroxylation is 2.